The molecule has 0 aliphatic rings. The first-order valence-electron chi connectivity index (χ1n) is 7.77. The van der Waals surface area contributed by atoms with Crippen molar-refractivity contribution in [3.63, 3.8) is 0 Å². The van der Waals surface area contributed by atoms with Crippen LogP contribution >= 0.6 is 0 Å². The number of nitrogens with zero attached hydrogens (tertiary/aromatic N) is 1. The average molecular weight is 276 g/mol. The molecule has 3 nitrogen and oxygen atoms in total. The number of nitrogens with one attached hydrogen (secondary N) is 1. The fourth-order valence-electron chi connectivity index (χ4n) is 2.44. The maximum atomic E-state index is 12.2. The summed E-state index contributed by atoms with van der Waals surface area (Å²) in [4.78, 5) is 14.6. The molecule has 0 aromatic heterocycles. The predicted octanol–water partition coefficient (Wildman–Crippen LogP) is 3.03. The van der Waals surface area contributed by atoms with Gasteiger partial charge in [-0.2, -0.15) is 0 Å². The topological polar surface area (TPSA) is 32.3 Å². The number of rotatable bonds is 9. The molecule has 0 spiro atoms. The van der Waals surface area contributed by atoms with Crippen LogP contribution in [0.25, 0.3) is 0 Å². The minimum Gasteiger partial charge on any atom is -0.356 e. The largest absolute Gasteiger partial charge is 0.356 e. The van der Waals surface area contributed by atoms with Crippen molar-refractivity contribution < 1.29 is 4.79 Å². The summed E-state index contributed by atoms with van der Waals surface area (Å²) in [5, 5.41) is 3.07. The van der Waals surface area contributed by atoms with Gasteiger partial charge >= 0.3 is 0 Å². The SMILES string of the molecule is CC[C@@H](C(=O)NCCCN(CC)CC)c1ccccc1. The van der Waals surface area contributed by atoms with Crippen molar-refractivity contribution >= 4 is 5.91 Å². The molecule has 0 aliphatic carbocycles. The van der Waals surface area contributed by atoms with Gasteiger partial charge < -0.3 is 10.2 Å². The van der Waals surface area contributed by atoms with Crippen molar-refractivity contribution in [1.29, 1.82) is 0 Å². The van der Waals surface area contributed by atoms with Crippen molar-refractivity contribution in [3.05, 3.63) is 35.9 Å². The molecule has 1 N–H and O–H groups in total. The van der Waals surface area contributed by atoms with Gasteiger partial charge in [0.2, 0.25) is 5.91 Å². The summed E-state index contributed by atoms with van der Waals surface area (Å²) in [7, 11) is 0. The summed E-state index contributed by atoms with van der Waals surface area (Å²) in [6, 6.07) is 10.0. The summed E-state index contributed by atoms with van der Waals surface area (Å²) in [6.07, 6.45) is 1.85. The van der Waals surface area contributed by atoms with Gasteiger partial charge in [0.25, 0.3) is 0 Å². The average Bonchev–Trinajstić information content (AvgIpc) is 2.49. The summed E-state index contributed by atoms with van der Waals surface area (Å²) in [5.74, 6) is 0.128. The Morgan fingerprint density at radius 3 is 2.35 bits per heavy atom. The Balaban J connectivity index is 2.37. The highest BCUT2D eigenvalue weighted by Gasteiger charge is 2.17. The van der Waals surface area contributed by atoms with Crippen LogP contribution in [-0.2, 0) is 4.79 Å². The highest BCUT2D eigenvalue weighted by atomic mass is 16.1. The molecule has 1 rings (SSSR count). The van der Waals surface area contributed by atoms with Crippen LogP contribution in [0.1, 0.15) is 45.1 Å². The van der Waals surface area contributed by atoms with Crippen LogP contribution in [0.4, 0.5) is 0 Å². The van der Waals surface area contributed by atoms with E-state index in [9.17, 15) is 4.79 Å². The lowest BCUT2D eigenvalue weighted by molar-refractivity contribution is -0.122. The molecule has 112 valence electrons. The molecule has 1 aromatic rings. The van der Waals surface area contributed by atoms with Crippen LogP contribution in [0.5, 0.6) is 0 Å². The van der Waals surface area contributed by atoms with Crippen molar-refractivity contribution in [1.82, 2.24) is 10.2 Å². The zero-order valence-electron chi connectivity index (χ0n) is 13.1. The first-order valence-corrected chi connectivity index (χ1v) is 7.77. The van der Waals surface area contributed by atoms with Gasteiger partial charge in [0, 0.05) is 6.54 Å². The van der Waals surface area contributed by atoms with E-state index in [4.69, 9.17) is 0 Å². The molecule has 1 amide bonds. The lowest BCUT2D eigenvalue weighted by Gasteiger charge is -2.19. The molecular formula is C17H28N2O. The van der Waals surface area contributed by atoms with Crippen molar-refractivity contribution in [2.75, 3.05) is 26.2 Å². The number of benzene rings is 1. The highest BCUT2D eigenvalue weighted by molar-refractivity contribution is 5.83. The van der Waals surface area contributed by atoms with Crippen LogP contribution in [-0.4, -0.2) is 37.0 Å². The summed E-state index contributed by atoms with van der Waals surface area (Å²) >= 11 is 0. The van der Waals surface area contributed by atoms with Crippen LogP contribution in [0.15, 0.2) is 30.3 Å². The highest BCUT2D eigenvalue weighted by Crippen LogP contribution is 2.18. The first-order chi connectivity index (χ1) is 9.72. The second kappa shape index (κ2) is 9.54. The molecule has 1 aromatic carbocycles. The molecule has 0 bridgehead atoms. The molecule has 0 heterocycles. The third-order valence-corrected chi connectivity index (χ3v) is 3.77. The number of amides is 1. The molecule has 0 saturated heterocycles. The standard InChI is InChI=1S/C17H28N2O/c1-4-16(15-11-8-7-9-12-15)17(20)18-13-10-14-19(5-2)6-3/h7-9,11-12,16H,4-6,10,13-14H2,1-3H3,(H,18,20)/t16-/m1/s1. The van der Waals surface area contributed by atoms with E-state index in [2.05, 4.69) is 31.0 Å². The molecule has 1 atom stereocenters. The van der Waals surface area contributed by atoms with Crippen molar-refractivity contribution in [2.45, 2.75) is 39.5 Å². The van der Waals surface area contributed by atoms with E-state index in [0.717, 1.165) is 44.6 Å². The van der Waals surface area contributed by atoms with E-state index < -0.39 is 0 Å². The van der Waals surface area contributed by atoms with Gasteiger partial charge in [0.15, 0.2) is 0 Å². The van der Waals surface area contributed by atoms with Gasteiger partial charge in [-0.15, -0.1) is 0 Å². The van der Waals surface area contributed by atoms with Gasteiger partial charge in [0.05, 0.1) is 5.92 Å². The van der Waals surface area contributed by atoms with Crippen LogP contribution in [0.3, 0.4) is 0 Å². The zero-order valence-corrected chi connectivity index (χ0v) is 13.1. The Kier molecular flexibility index (Phi) is 7.97. The monoisotopic (exact) mass is 276 g/mol. The van der Waals surface area contributed by atoms with Crippen molar-refractivity contribution in [2.24, 2.45) is 0 Å². The fourth-order valence-corrected chi connectivity index (χ4v) is 2.44. The fraction of sp³-hybridized carbons (Fsp3) is 0.588. The molecule has 0 fully saturated rings. The van der Waals surface area contributed by atoms with Crippen molar-refractivity contribution in [3.8, 4) is 0 Å². The molecule has 20 heavy (non-hydrogen) atoms. The van der Waals surface area contributed by atoms with Crippen LogP contribution < -0.4 is 5.32 Å². The first kappa shape index (κ1) is 16.7. The minimum atomic E-state index is -0.0235. The van der Waals surface area contributed by atoms with Gasteiger partial charge in [-0.3, -0.25) is 4.79 Å². The minimum absolute atomic E-state index is 0.0235. The van der Waals surface area contributed by atoms with E-state index in [1.165, 1.54) is 0 Å². The van der Waals surface area contributed by atoms with Crippen LogP contribution in [0, 0.1) is 0 Å². The summed E-state index contributed by atoms with van der Waals surface area (Å²) < 4.78 is 0. The Morgan fingerprint density at radius 1 is 1.15 bits per heavy atom. The molecular weight excluding hydrogens is 248 g/mol. The van der Waals surface area contributed by atoms with E-state index in [0.29, 0.717) is 0 Å². The quantitative estimate of drug-likeness (QED) is 0.703. The third-order valence-electron chi connectivity index (χ3n) is 3.77. The van der Waals surface area contributed by atoms with Crippen LogP contribution in [0.2, 0.25) is 0 Å². The molecule has 0 saturated carbocycles. The van der Waals surface area contributed by atoms with Gasteiger partial charge in [-0.25, -0.2) is 0 Å². The van der Waals surface area contributed by atoms with Gasteiger partial charge in [-0.05, 0) is 38.0 Å². The second-order valence-electron chi connectivity index (χ2n) is 5.04. The smallest absolute Gasteiger partial charge is 0.227 e. The molecule has 0 unspecified atom stereocenters. The van der Waals surface area contributed by atoms with E-state index in [1.54, 1.807) is 0 Å². The lowest BCUT2D eigenvalue weighted by Crippen LogP contribution is -2.32. The number of hydrogen-bond donors (Lipinski definition) is 1. The van der Waals surface area contributed by atoms with E-state index >= 15 is 0 Å². The number of carbonyl (C=O) groups is 1. The number of carbonyl (C=O) groups excluding carboxylic acids is 1. The Bertz CT molecular complexity index is 374. The Morgan fingerprint density at radius 2 is 1.80 bits per heavy atom. The van der Waals surface area contributed by atoms with Gasteiger partial charge in [-0.1, -0.05) is 51.1 Å². The summed E-state index contributed by atoms with van der Waals surface area (Å²) in [6.45, 7) is 10.4. The maximum Gasteiger partial charge on any atom is 0.227 e. The summed E-state index contributed by atoms with van der Waals surface area (Å²) in [5.41, 5.74) is 1.11. The molecule has 3 heteroatoms. The Labute approximate surface area is 123 Å². The number of hydrogen-bond acceptors (Lipinski definition) is 2. The zero-order chi connectivity index (χ0) is 14.8. The van der Waals surface area contributed by atoms with E-state index in [-0.39, 0.29) is 11.8 Å². The lowest BCUT2D eigenvalue weighted by atomic mass is 9.96. The molecule has 0 radical (unpaired) electrons. The van der Waals surface area contributed by atoms with Gasteiger partial charge in [0.1, 0.15) is 0 Å². The Hall–Kier alpha value is -1.35. The second-order valence-corrected chi connectivity index (χ2v) is 5.04. The maximum absolute atomic E-state index is 12.2. The third kappa shape index (κ3) is 5.33. The van der Waals surface area contributed by atoms with E-state index in [1.807, 2.05) is 30.3 Å². The normalized spacial score (nSPS) is 12.4. The molecule has 0 aliphatic heterocycles. The predicted molar refractivity (Wildman–Crippen MR) is 84.9 cm³/mol.